The monoisotopic (exact) mass is 276 g/mol. The number of nitrogens with zero attached hydrogens (tertiary/aromatic N) is 2. The van der Waals surface area contributed by atoms with Crippen LogP contribution in [0.15, 0.2) is 18.3 Å². The lowest BCUT2D eigenvalue weighted by Gasteiger charge is -2.26. The minimum absolute atomic E-state index is 0.334. The summed E-state index contributed by atoms with van der Waals surface area (Å²) in [5.41, 5.74) is 1.50. The van der Waals surface area contributed by atoms with Gasteiger partial charge in [-0.1, -0.05) is 19.3 Å². The van der Waals surface area contributed by atoms with Gasteiger partial charge < -0.3 is 9.64 Å². The molecule has 0 bridgehead atoms. The third kappa shape index (κ3) is 4.30. The molecule has 1 saturated carbocycles. The van der Waals surface area contributed by atoms with Gasteiger partial charge in [0, 0.05) is 19.3 Å². The van der Waals surface area contributed by atoms with Gasteiger partial charge in [-0.15, -0.1) is 0 Å². The van der Waals surface area contributed by atoms with E-state index in [0.717, 1.165) is 24.7 Å². The second kappa shape index (κ2) is 7.39. The Bertz CT molecular complexity index is 425. The fourth-order valence-electron chi connectivity index (χ4n) is 2.91. The van der Waals surface area contributed by atoms with Gasteiger partial charge >= 0.3 is 5.97 Å². The molecule has 0 amide bonds. The molecule has 0 aromatic carbocycles. The van der Waals surface area contributed by atoms with Crippen LogP contribution in [0.1, 0.15) is 48.2 Å². The van der Waals surface area contributed by atoms with Gasteiger partial charge in [-0.3, -0.25) is 4.98 Å². The molecule has 0 atom stereocenters. The largest absolute Gasteiger partial charge is 0.465 e. The lowest BCUT2D eigenvalue weighted by Crippen LogP contribution is -2.27. The summed E-state index contributed by atoms with van der Waals surface area (Å²) in [6.07, 6.45) is 8.47. The van der Waals surface area contributed by atoms with Crippen LogP contribution in [0.25, 0.3) is 0 Å². The summed E-state index contributed by atoms with van der Waals surface area (Å²) in [5.74, 6) is 0.503. The Labute approximate surface area is 121 Å². The molecule has 0 radical (unpaired) electrons. The Morgan fingerprint density at radius 2 is 2.10 bits per heavy atom. The van der Waals surface area contributed by atoms with Crippen LogP contribution in [-0.2, 0) is 11.3 Å². The lowest BCUT2D eigenvalue weighted by molar-refractivity contribution is 0.0600. The van der Waals surface area contributed by atoms with Gasteiger partial charge in [0.15, 0.2) is 0 Å². The SMILES string of the molecule is COC(=O)c1ccc(CN(C)CC2CCCCC2)nc1. The van der Waals surface area contributed by atoms with Crippen molar-refractivity contribution < 1.29 is 9.53 Å². The molecule has 0 unspecified atom stereocenters. The zero-order valence-electron chi connectivity index (χ0n) is 12.5. The number of ether oxygens (including phenoxy) is 1. The quantitative estimate of drug-likeness (QED) is 0.776. The van der Waals surface area contributed by atoms with E-state index in [1.165, 1.54) is 39.2 Å². The molecule has 4 heteroatoms. The number of aromatic nitrogens is 1. The summed E-state index contributed by atoms with van der Waals surface area (Å²) < 4.78 is 4.67. The van der Waals surface area contributed by atoms with Crippen LogP contribution in [-0.4, -0.2) is 36.6 Å². The van der Waals surface area contributed by atoms with E-state index >= 15 is 0 Å². The molecule has 1 heterocycles. The van der Waals surface area contributed by atoms with Crippen molar-refractivity contribution >= 4 is 5.97 Å². The van der Waals surface area contributed by atoms with Gasteiger partial charge in [0.25, 0.3) is 0 Å². The van der Waals surface area contributed by atoms with Crippen molar-refractivity contribution in [1.29, 1.82) is 0 Å². The van der Waals surface area contributed by atoms with E-state index in [4.69, 9.17) is 0 Å². The third-order valence-electron chi connectivity index (χ3n) is 3.97. The summed E-state index contributed by atoms with van der Waals surface area (Å²) in [7, 11) is 3.53. The molecule has 0 spiro atoms. The second-order valence-corrected chi connectivity index (χ2v) is 5.73. The topological polar surface area (TPSA) is 42.4 Å². The van der Waals surface area contributed by atoms with Crippen LogP contribution in [0.2, 0.25) is 0 Å². The highest BCUT2D eigenvalue weighted by molar-refractivity contribution is 5.88. The first-order valence-electron chi connectivity index (χ1n) is 7.41. The molecule has 1 fully saturated rings. The van der Waals surface area contributed by atoms with Gasteiger partial charge in [-0.25, -0.2) is 4.79 Å². The van der Waals surface area contributed by atoms with Gasteiger partial charge in [0.1, 0.15) is 0 Å². The normalized spacial score (nSPS) is 16.4. The highest BCUT2D eigenvalue weighted by atomic mass is 16.5. The number of hydrogen-bond acceptors (Lipinski definition) is 4. The molecule has 20 heavy (non-hydrogen) atoms. The molecule has 110 valence electrons. The molecule has 1 aliphatic rings. The summed E-state index contributed by atoms with van der Waals surface area (Å²) in [6, 6.07) is 3.69. The minimum atomic E-state index is -0.334. The predicted octanol–water partition coefficient (Wildman–Crippen LogP) is 2.88. The maximum Gasteiger partial charge on any atom is 0.339 e. The smallest absolute Gasteiger partial charge is 0.339 e. The molecule has 1 aliphatic carbocycles. The van der Waals surface area contributed by atoms with Crippen molar-refractivity contribution in [3.8, 4) is 0 Å². The number of carbonyl (C=O) groups is 1. The van der Waals surface area contributed by atoms with Gasteiger partial charge in [-0.05, 0) is 37.9 Å². The fourth-order valence-corrected chi connectivity index (χ4v) is 2.91. The second-order valence-electron chi connectivity index (χ2n) is 5.73. The van der Waals surface area contributed by atoms with Crippen molar-refractivity contribution in [3.05, 3.63) is 29.6 Å². The van der Waals surface area contributed by atoms with Crippen LogP contribution >= 0.6 is 0 Å². The minimum Gasteiger partial charge on any atom is -0.465 e. The Kier molecular flexibility index (Phi) is 5.53. The Morgan fingerprint density at radius 3 is 2.70 bits per heavy atom. The fraction of sp³-hybridized carbons (Fsp3) is 0.625. The van der Waals surface area contributed by atoms with E-state index in [-0.39, 0.29) is 5.97 Å². The Hall–Kier alpha value is -1.42. The molecule has 0 saturated heterocycles. The van der Waals surface area contributed by atoms with E-state index in [0.29, 0.717) is 5.56 Å². The molecule has 0 aliphatic heterocycles. The predicted molar refractivity (Wildman–Crippen MR) is 78.5 cm³/mol. The first-order valence-corrected chi connectivity index (χ1v) is 7.41. The van der Waals surface area contributed by atoms with Gasteiger partial charge in [0.05, 0.1) is 18.4 Å². The number of carbonyl (C=O) groups excluding carboxylic acids is 1. The zero-order valence-corrected chi connectivity index (χ0v) is 12.5. The van der Waals surface area contributed by atoms with E-state index < -0.39 is 0 Å². The summed E-state index contributed by atoms with van der Waals surface area (Å²) in [5, 5.41) is 0. The van der Waals surface area contributed by atoms with Crippen LogP contribution in [0.4, 0.5) is 0 Å². The summed E-state index contributed by atoms with van der Waals surface area (Å²) in [4.78, 5) is 18.0. The molecule has 0 N–H and O–H groups in total. The van der Waals surface area contributed by atoms with E-state index in [2.05, 4.69) is 21.7 Å². The molecule has 1 aromatic heterocycles. The average molecular weight is 276 g/mol. The first-order chi connectivity index (χ1) is 9.69. The van der Waals surface area contributed by atoms with Crippen molar-refractivity contribution in [1.82, 2.24) is 9.88 Å². The summed E-state index contributed by atoms with van der Waals surface area (Å²) >= 11 is 0. The maximum atomic E-state index is 11.3. The number of methoxy groups -OCH3 is 1. The summed E-state index contributed by atoms with van der Waals surface area (Å²) in [6.45, 7) is 1.97. The first kappa shape index (κ1) is 15.0. The van der Waals surface area contributed by atoms with E-state index in [9.17, 15) is 4.79 Å². The number of rotatable bonds is 5. The Morgan fingerprint density at radius 1 is 1.35 bits per heavy atom. The number of hydrogen-bond donors (Lipinski definition) is 0. The standard InChI is InChI=1S/C16H24N2O2/c1-18(11-13-6-4-3-5-7-13)12-15-9-8-14(10-17-15)16(19)20-2/h8-10,13H,3-7,11-12H2,1-2H3. The third-order valence-corrected chi connectivity index (χ3v) is 3.97. The van der Waals surface area contributed by atoms with E-state index in [1.54, 1.807) is 12.3 Å². The highest BCUT2D eigenvalue weighted by Gasteiger charge is 2.15. The number of esters is 1. The lowest BCUT2D eigenvalue weighted by atomic mass is 9.89. The van der Waals surface area contributed by atoms with Crippen molar-refractivity contribution in [2.45, 2.75) is 38.6 Å². The van der Waals surface area contributed by atoms with E-state index in [1.807, 2.05) is 6.07 Å². The van der Waals surface area contributed by atoms with Crippen molar-refractivity contribution in [2.24, 2.45) is 5.92 Å². The molecule has 4 nitrogen and oxygen atoms in total. The van der Waals surface area contributed by atoms with Gasteiger partial charge in [-0.2, -0.15) is 0 Å². The number of pyridine rings is 1. The maximum absolute atomic E-state index is 11.3. The van der Waals surface area contributed by atoms with Gasteiger partial charge in [0.2, 0.25) is 0 Å². The van der Waals surface area contributed by atoms with Crippen LogP contribution in [0.5, 0.6) is 0 Å². The Balaban J connectivity index is 1.84. The average Bonchev–Trinajstić information content (AvgIpc) is 2.48. The van der Waals surface area contributed by atoms with Crippen molar-refractivity contribution in [2.75, 3.05) is 20.7 Å². The zero-order chi connectivity index (χ0) is 14.4. The highest BCUT2D eigenvalue weighted by Crippen LogP contribution is 2.24. The van der Waals surface area contributed by atoms with Crippen LogP contribution in [0, 0.1) is 5.92 Å². The van der Waals surface area contributed by atoms with Crippen molar-refractivity contribution in [3.63, 3.8) is 0 Å². The van der Waals surface area contributed by atoms with Crippen LogP contribution < -0.4 is 0 Å². The molecular weight excluding hydrogens is 252 g/mol. The molecule has 2 rings (SSSR count). The molecule has 1 aromatic rings. The van der Waals surface area contributed by atoms with Crippen LogP contribution in [0.3, 0.4) is 0 Å². The molecular formula is C16H24N2O2.